The molecule has 2 nitrogen and oxygen atoms in total. The van der Waals surface area contributed by atoms with Crippen molar-refractivity contribution in [2.45, 2.75) is 32.3 Å². The molecular weight excluding hydrogens is 364 g/mol. The van der Waals surface area contributed by atoms with Crippen LogP contribution in [0.2, 0.25) is 0 Å². The van der Waals surface area contributed by atoms with E-state index >= 15 is 0 Å². The molecule has 0 atom stereocenters. The summed E-state index contributed by atoms with van der Waals surface area (Å²) in [5.41, 5.74) is 4.08. The molecule has 0 amide bonds. The summed E-state index contributed by atoms with van der Waals surface area (Å²) < 4.78 is 7.30. The van der Waals surface area contributed by atoms with E-state index in [1.54, 1.807) is 0 Å². The van der Waals surface area contributed by atoms with Crippen LogP contribution in [0, 0.1) is 0 Å². The number of hydrogen-bond acceptors (Lipinski definition) is 2. The fraction of sp³-hybridized carbons (Fsp3) is 0.238. The van der Waals surface area contributed by atoms with Gasteiger partial charge in [0.25, 0.3) is 0 Å². The van der Waals surface area contributed by atoms with Gasteiger partial charge in [0, 0.05) is 27.4 Å². The van der Waals surface area contributed by atoms with E-state index in [4.69, 9.17) is 4.42 Å². The van der Waals surface area contributed by atoms with Crippen molar-refractivity contribution in [2.75, 3.05) is 0 Å². The number of hydrogen-bond donors (Lipinski definition) is 1. The molecule has 1 N–H and O–H groups in total. The standard InChI is InChI=1S/C21H19BrO2/c1-21(2,23)16-9-5-3-7-13(16)14-11-12-17(22)19-15-8-4-6-10-18(15)24-20(14)19/h3-5,7-9,11-12,23H,6,10H2,1-2H3. The van der Waals surface area contributed by atoms with Gasteiger partial charge < -0.3 is 9.52 Å². The summed E-state index contributed by atoms with van der Waals surface area (Å²) in [6, 6.07) is 12.1. The summed E-state index contributed by atoms with van der Waals surface area (Å²) in [7, 11) is 0. The van der Waals surface area contributed by atoms with Crippen molar-refractivity contribution in [1.82, 2.24) is 0 Å². The molecule has 0 bridgehead atoms. The first kappa shape index (κ1) is 15.7. The molecule has 0 aliphatic heterocycles. The van der Waals surface area contributed by atoms with Gasteiger partial charge >= 0.3 is 0 Å². The summed E-state index contributed by atoms with van der Waals surface area (Å²) >= 11 is 3.68. The molecule has 0 saturated carbocycles. The first-order chi connectivity index (χ1) is 11.5. The average Bonchev–Trinajstić information content (AvgIpc) is 2.94. The predicted molar refractivity (Wildman–Crippen MR) is 102 cm³/mol. The third-order valence-corrected chi connectivity index (χ3v) is 5.26. The van der Waals surface area contributed by atoms with Crippen LogP contribution in [0.4, 0.5) is 0 Å². The Bertz CT molecular complexity index is 958. The van der Waals surface area contributed by atoms with Crippen molar-refractivity contribution in [3.63, 3.8) is 0 Å². The van der Waals surface area contributed by atoms with E-state index < -0.39 is 5.60 Å². The topological polar surface area (TPSA) is 33.4 Å². The van der Waals surface area contributed by atoms with Crippen LogP contribution in [0.5, 0.6) is 0 Å². The highest BCUT2D eigenvalue weighted by atomic mass is 79.9. The Morgan fingerprint density at radius 2 is 1.88 bits per heavy atom. The van der Waals surface area contributed by atoms with Gasteiger partial charge in [-0.3, -0.25) is 0 Å². The van der Waals surface area contributed by atoms with E-state index in [1.165, 1.54) is 5.56 Å². The van der Waals surface area contributed by atoms with Crippen molar-refractivity contribution >= 4 is 33.0 Å². The average molecular weight is 383 g/mol. The second-order valence-electron chi connectivity index (χ2n) is 6.78. The molecule has 3 aromatic rings. The maximum absolute atomic E-state index is 10.6. The number of fused-ring (bicyclic) bond motifs is 3. The highest BCUT2D eigenvalue weighted by Crippen LogP contribution is 2.42. The van der Waals surface area contributed by atoms with Gasteiger partial charge in [0.1, 0.15) is 11.3 Å². The number of benzene rings is 2. The van der Waals surface area contributed by atoms with Crippen LogP contribution in [0.15, 0.2) is 51.4 Å². The fourth-order valence-electron chi connectivity index (χ4n) is 3.47. The number of allylic oxidation sites excluding steroid dienone is 1. The lowest BCUT2D eigenvalue weighted by molar-refractivity contribution is 0.0792. The summed E-state index contributed by atoms with van der Waals surface area (Å²) in [4.78, 5) is 0. The van der Waals surface area contributed by atoms with Crippen LogP contribution in [0.3, 0.4) is 0 Å². The molecular formula is C21H19BrO2. The van der Waals surface area contributed by atoms with Crippen molar-refractivity contribution < 1.29 is 9.52 Å². The van der Waals surface area contributed by atoms with Gasteiger partial charge in [-0.15, -0.1) is 0 Å². The third kappa shape index (κ3) is 2.43. The molecule has 122 valence electrons. The summed E-state index contributed by atoms with van der Waals surface area (Å²) in [5, 5.41) is 11.7. The fourth-order valence-corrected chi connectivity index (χ4v) is 4.00. The Morgan fingerprint density at radius 3 is 2.67 bits per heavy atom. The molecule has 0 radical (unpaired) electrons. The summed E-state index contributed by atoms with van der Waals surface area (Å²) in [5.74, 6) is 1.04. The maximum Gasteiger partial charge on any atom is 0.143 e. The molecule has 3 heteroatoms. The lowest BCUT2D eigenvalue weighted by atomic mass is 9.89. The second-order valence-corrected chi connectivity index (χ2v) is 7.64. The molecule has 4 rings (SSSR count). The predicted octanol–water partition coefficient (Wildman–Crippen LogP) is 6.05. The minimum absolute atomic E-state index is 0.887. The molecule has 1 heterocycles. The maximum atomic E-state index is 10.6. The minimum Gasteiger partial charge on any atom is -0.460 e. The Balaban J connectivity index is 2.05. The Morgan fingerprint density at radius 1 is 1.08 bits per heavy atom. The summed E-state index contributed by atoms with van der Waals surface area (Å²) in [6.45, 7) is 3.63. The van der Waals surface area contributed by atoms with Crippen LogP contribution in [0.1, 0.15) is 37.2 Å². The number of aryl methyl sites for hydroxylation is 1. The molecule has 2 aromatic carbocycles. The first-order valence-corrected chi connectivity index (χ1v) is 8.99. The van der Waals surface area contributed by atoms with E-state index in [-0.39, 0.29) is 0 Å². The van der Waals surface area contributed by atoms with E-state index in [0.717, 1.165) is 50.7 Å². The van der Waals surface area contributed by atoms with Gasteiger partial charge in [-0.25, -0.2) is 0 Å². The smallest absolute Gasteiger partial charge is 0.143 e. The quantitative estimate of drug-likeness (QED) is 0.585. The zero-order valence-corrected chi connectivity index (χ0v) is 15.4. The van der Waals surface area contributed by atoms with Crippen LogP contribution >= 0.6 is 15.9 Å². The largest absolute Gasteiger partial charge is 0.460 e. The third-order valence-electron chi connectivity index (χ3n) is 4.60. The minimum atomic E-state index is -0.915. The molecule has 0 unspecified atom stereocenters. The van der Waals surface area contributed by atoms with Gasteiger partial charge in [0.15, 0.2) is 0 Å². The Kier molecular flexibility index (Phi) is 3.66. The van der Waals surface area contributed by atoms with E-state index in [0.29, 0.717) is 0 Å². The molecule has 0 spiro atoms. The second kappa shape index (κ2) is 5.61. The van der Waals surface area contributed by atoms with Crippen molar-refractivity contribution in [2.24, 2.45) is 0 Å². The van der Waals surface area contributed by atoms with Crippen molar-refractivity contribution in [3.05, 3.63) is 63.8 Å². The van der Waals surface area contributed by atoms with E-state index in [9.17, 15) is 5.11 Å². The van der Waals surface area contributed by atoms with Gasteiger partial charge in [-0.05, 0) is 43.5 Å². The SMILES string of the molecule is CC(C)(O)c1ccccc1-c1ccc(Br)c2c3c(oc12)CCC=C3. The van der Waals surface area contributed by atoms with Crippen molar-refractivity contribution in [3.8, 4) is 11.1 Å². The lowest BCUT2D eigenvalue weighted by Crippen LogP contribution is -2.16. The number of aliphatic hydroxyl groups is 1. The highest BCUT2D eigenvalue weighted by molar-refractivity contribution is 9.10. The van der Waals surface area contributed by atoms with Crippen LogP contribution in [-0.2, 0) is 12.0 Å². The number of furan rings is 1. The molecule has 0 saturated heterocycles. The molecule has 1 aliphatic carbocycles. The van der Waals surface area contributed by atoms with Crippen LogP contribution < -0.4 is 0 Å². The van der Waals surface area contributed by atoms with E-state index in [1.807, 2.05) is 38.1 Å². The zero-order chi connectivity index (χ0) is 16.9. The van der Waals surface area contributed by atoms with E-state index in [2.05, 4.69) is 40.2 Å². The molecule has 24 heavy (non-hydrogen) atoms. The zero-order valence-electron chi connectivity index (χ0n) is 13.8. The van der Waals surface area contributed by atoms with Gasteiger partial charge in [0.05, 0.1) is 5.60 Å². The van der Waals surface area contributed by atoms with Gasteiger partial charge in [0.2, 0.25) is 0 Å². The number of halogens is 1. The molecule has 1 aromatic heterocycles. The van der Waals surface area contributed by atoms with Crippen LogP contribution in [0.25, 0.3) is 28.2 Å². The molecule has 0 fully saturated rings. The monoisotopic (exact) mass is 382 g/mol. The van der Waals surface area contributed by atoms with Crippen LogP contribution in [-0.4, -0.2) is 5.11 Å². The number of rotatable bonds is 2. The van der Waals surface area contributed by atoms with Gasteiger partial charge in [-0.2, -0.15) is 0 Å². The van der Waals surface area contributed by atoms with Gasteiger partial charge in [-0.1, -0.05) is 52.3 Å². The Hall–Kier alpha value is -1.84. The first-order valence-electron chi connectivity index (χ1n) is 8.19. The normalized spacial score (nSPS) is 14.2. The lowest BCUT2D eigenvalue weighted by Gasteiger charge is -2.22. The van der Waals surface area contributed by atoms with Crippen molar-refractivity contribution in [1.29, 1.82) is 0 Å². The highest BCUT2D eigenvalue weighted by Gasteiger charge is 2.24. The Labute approximate surface area is 149 Å². The molecule has 1 aliphatic rings. The summed E-state index contributed by atoms with van der Waals surface area (Å²) in [6.07, 6.45) is 6.29.